The van der Waals surface area contributed by atoms with Gasteiger partial charge in [0.25, 0.3) is 0 Å². The predicted octanol–water partition coefficient (Wildman–Crippen LogP) is 2.73. The molecule has 0 bridgehead atoms. The molecule has 1 aromatic rings. The van der Waals surface area contributed by atoms with Crippen molar-refractivity contribution in [1.82, 2.24) is 0 Å². The van der Waals surface area contributed by atoms with Gasteiger partial charge >= 0.3 is 5.69 Å². The zero-order valence-electron chi connectivity index (χ0n) is 12.5. The van der Waals surface area contributed by atoms with E-state index in [1.54, 1.807) is 25.1 Å². The number of benzene rings is 1. The molecule has 6 nitrogen and oxygen atoms in total. The molecule has 1 aliphatic rings. The van der Waals surface area contributed by atoms with Crippen LogP contribution in [0.15, 0.2) is 18.2 Å². The number of nitro benzene ring substituents is 1. The fourth-order valence-corrected chi connectivity index (χ4v) is 2.51. The lowest BCUT2D eigenvalue weighted by Crippen LogP contribution is -2.42. The minimum atomic E-state index is -0.679. The van der Waals surface area contributed by atoms with Crippen molar-refractivity contribution in [1.29, 1.82) is 0 Å². The molecule has 1 N–H and O–H groups in total. The number of nitrogens with zero attached hydrogens (tertiary/aromatic N) is 2. The molecule has 21 heavy (non-hydrogen) atoms. The summed E-state index contributed by atoms with van der Waals surface area (Å²) in [6, 6.07) is 5.16. The Hall–Kier alpha value is -1.82. The molecule has 6 heteroatoms. The number of hydrogen-bond donors (Lipinski definition) is 1. The third-order valence-corrected chi connectivity index (χ3v) is 3.80. The molecule has 0 aliphatic carbocycles. The second-order valence-corrected chi connectivity index (χ2v) is 5.71. The van der Waals surface area contributed by atoms with E-state index in [-0.39, 0.29) is 10.6 Å². The largest absolute Gasteiger partial charge is 0.487 e. The number of anilines is 1. The van der Waals surface area contributed by atoms with E-state index in [9.17, 15) is 15.2 Å². The van der Waals surface area contributed by atoms with Gasteiger partial charge in [-0.15, -0.1) is 0 Å². The van der Waals surface area contributed by atoms with Crippen molar-refractivity contribution < 1.29 is 14.8 Å². The lowest BCUT2D eigenvalue weighted by atomic mass is 9.93. The Morgan fingerprint density at radius 3 is 2.67 bits per heavy atom. The van der Waals surface area contributed by atoms with E-state index in [1.807, 2.05) is 11.8 Å². The molecule has 0 amide bonds. The van der Waals surface area contributed by atoms with Crippen molar-refractivity contribution in [2.45, 2.75) is 38.7 Å². The van der Waals surface area contributed by atoms with Crippen LogP contribution in [0.2, 0.25) is 0 Å². The van der Waals surface area contributed by atoms with Gasteiger partial charge in [-0.05, 0) is 38.3 Å². The summed E-state index contributed by atoms with van der Waals surface area (Å²) in [6.07, 6.45) is 2.00. The first-order valence-electron chi connectivity index (χ1n) is 7.32. The van der Waals surface area contributed by atoms with Crippen LogP contribution in [0.3, 0.4) is 0 Å². The SMILES string of the molecule is CCCOc1cccc(N2CCC(C)(O)CC2)c1[N+](=O)[O-]. The summed E-state index contributed by atoms with van der Waals surface area (Å²) in [4.78, 5) is 13.0. The Morgan fingerprint density at radius 1 is 1.43 bits per heavy atom. The summed E-state index contributed by atoms with van der Waals surface area (Å²) in [5.41, 5.74) is -0.0849. The molecule has 1 heterocycles. The van der Waals surface area contributed by atoms with Crippen LogP contribution in [0.4, 0.5) is 11.4 Å². The van der Waals surface area contributed by atoms with Crippen molar-refractivity contribution in [2.24, 2.45) is 0 Å². The average Bonchev–Trinajstić information content (AvgIpc) is 2.44. The molecule has 0 atom stereocenters. The molecule has 1 aliphatic heterocycles. The van der Waals surface area contributed by atoms with Crippen molar-refractivity contribution in [2.75, 3.05) is 24.6 Å². The molecule has 1 saturated heterocycles. The van der Waals surface area contributed by atoms with E-state index >= 15 is 0 Å². The lowest BCUT2D eigenvalue weighted by Gasteiger charge is -2.36. The van der Waals surface area contributed by atoms with Crippen LogP contribution >= 0.6 is 0 Å². The van der Waals surface area contributed by atoms with E-state index in [0.717, 1.165) is 6.42 Å². The van der Waals surface area contributed by atoms with Crippen LogP contribution in [0.1, 0.15) is 33.1 Å². The lowest BCUT2D eigenvalue weighted by molar-refractivity contribution is -0.385. The fourth-order valence-electron chi connectivity index (χ4n) is 2.51. The fraction of sp³-hybridized carbons (Fsp3) is 0.600. The highest BCUT2D eigenvalue weighted by Gasteiger charge is 2.31. The van der Waals surface area contributed by atoms with E-state index < -0.39 is 5.60 Å². The Bertz CT molecular complexity index is 506. The van der Waals surface area contributed by atoms with Crippen molar-refractivity contribution in [3.63, 3.8) is 0 Å². The summed E-state index contributed by atoms with van der Waals surface area (Å²) >= 11 is 0. The number of hydrogen-bond acceptors (Lipinski definition) is 5. The van der Waals surface area contributed by atoms with Crippen molar-refractivity contribution in [3.8, 4) is 5.75 Å². The Labute approximate surface area is 124 Å². The monoisotopic (exact) mass is 294 g/mol. The second-order valence-electron chi connectivity index (χ2n) is 5.71. The van der Waals surface area contributed by atoms with Crippen LogP contribution in [0.25, 0.3) is 0 Å². The van der Waals surface area contributed by atoms with Crippen LogP contribution in [0, 0.1) is 10.1 Å². The first kappa shape index (κ1) is 15.6. The molecular weight excluding hydrogens is 272 g/mol. The summed E-state index contributed by atoms with van der Waals surface area (Å²) in [5.74, 6) is 0.316. The maximum atomic E-state index is 11.4. The maximum absolute atomic E-state index is 11.4. The molecule has 2 rings (SSSR count). The van der Waals surface area contributed by atoms with Gasteiger partial charge in [-0.2, -0.15) is 0 Å². The number of rotatable bonds is 5. The minimum absolute atomic E-state index is 0.0208. The number of nitro groups is 1. The van der Waals surface area contributed by atoms with E-state index in [4.69, 9.17) is 4.74 Å². The molecule has 0 unspecified atom stereocenters. The highest BCUT2D eigenvalue weighted by Crippen LogP contribution is 2.39. The van der Waals surface area contributed by atoms with Crippen molar-refractivity contribution in [3.05, 3.63) is 28.3 Å². The molecular formula is C15H22N2O4. The van der Waals surface area contributed by atoms with Gasteiger partial charge in [0.15, 0.2) is 5.75 Å². The van der Waals surface area contributed by atoms with Crippen LogP contribution in [-0.4, -0.2) is 35.3 Å². The molecule has 0 aromatic heterocycles. The van der Waals surface area contributed by atoms with Gasteiger partial charge in [0.05, 0.1) is 17.1 Å². The second kappa shape index (κ2) is 6.30. The predicted molar refractivity (Wildman–Crippen MR) is 81.0 cm³/mol. The van der Waals surface area contributed by atoms with Crippen LogP contribution in [0.5, 0.6) is 5.75 Å². The zero-order valence-corrected chi connectivity index (χ0v) is 12.5. The molecule has 0 radical (unpaired) electrons. The van der Waals surface area contributed by atoms with Gasteiger partial charge in [0.1, 0.15) is 5.69 Å². The Morgan fingerprint density at radius 2 is 2.10 bits per heavy atom. The third-order valence-electron chi connectivity index (χ3n) is 3.80. The smallest absolute Gasteiger partial charge is 0.333 e. The number of piperidine rings is 1. The molecule has 1 aromatic carbocycles. The highest BCUT2D eigenvalue weighted by atomic mass is 16.6. The molecule has 1 fully saturated rings. The van der Waals surface area contributed by atoms with Gasteiger partial charge in [-0.1, -0.05) is 13.0 Å². The van der Waals surface area contributed by atoms with E-state index in [0.29, 0.717) is 44.0 Å². The van der Waals surface area contributed by atoms with E-state index in [2.05, 4.69) is 0 Å². The Kier molecular flexibility index (Phi) is 4.67. The van der Waals surface area contributed by atoms with Gasteiger partial charge in [-0.25, -0.2) is 0 Å². The molecule has 116 valence electrons. The number of ether oxygens (including phenoxy) is 1. The first-order chi connectivity index (χ1) is 9.94. The summed E-state index contributed by atoms with van der Waals surface area (Å²) in [6.45, 7) is 5.43. The summed E-state index contributed by atoms with van der Waals surface area (Å²) in [7, 11) is 0. The average molecular weight is 294 g/mol. The summed E-state index contributed by atoms with van der Waals surface area (Å²) in [5, 5.41) is 21.4. The maximum Gasteiger partial charge on any atom is 0.333 e. The van der Waals surface area contributed by atoms with Crippen LogP contribution < -0.4 is 9.64 Å². The first-order valence-corrected chi connectivity index (χ1v) is 7.32. The highest BCUT2D eigenvalue weighted by molar-refractivity contribution is 5.70. The number of para-hydroxylation sites is 1. The van der Waals surface area contributed by atoms with E-state index in [1.165, 1.54) is 0 Å². The normalized spacial score (nSPS) is 17.6. The Balaban J connectivity index is 2.28. The van der Waals surface area contributed by atoms with Gasteiger partial charge in [-0.3, -0.25) is 10.1 Å². The van der Waals surface area contributed by atoms with Crippen LogP contribution in [-0.2, 0) is 0 Å². The topological polar surface area (TPSA) is 75.8 Å². The standard InChI is InChI=1S/C15H22N2O4/c1-3-11-21-13-6-4-5-12(14(13)17(19)20)16-9-7-15(2,18)8-10-16/h4-6,18H,3,7-11H2,1-2H3. The zero-order chi connectivity index (χ0) is 15.5. The number of aliphatic hydroxyl groups is 1. The third kappa shape index (κ3) is 3.64. The van der Waals surface area contributed by atoms with Gasteiger partial charge < -0.3 is 14.7 Å². The summed E-state index contributed by atoms with van der Waals surface area (Å²) < 4.78 is 5.50. The minimum Gasteiger partial charge on any atom is -0.487 e. The molecule has 0 saturated carbocycles. The van der Waals surface area contributed by atoms with Crippen molar-refractivity contribution >= 4 is 11.4 Å². The molecule has 0 spiro atoms. The quantitative estimate of drug-likeness (QED) is 0.667. The van der Waals surface area contributed by atoms with Gasteiger partial charge in [0.2, 0.25) is 0 Å². The van der Waals surface area contributed by atoms with Gasteiger partial charge in [0, 0.05) is 13.1 Å².